The summed E-state index contributed by atoms with van der Waals surface area (Å²) in [5.41, 5.74) is 0.921. The second-order valence-electron chi connectivity index (χ2n) is 6.15. The molecule has 0 saturated heterocycles. The van der Waals surface area contributed by atoms with E-state index in [2.05, 4.69) is 5.32 Å². The van der Waals surface area contributed by atoms with E-state index >= 15 is 0 Å². The highest BCUT2D eigenvalue weighted by Crippen LogP contribution is 2.17. The van der Waals surface area contributed by atoms with E-state index in [0.29, 0.717) is 16.7 Å². The minimum absolute atomic E-state index is 0.125. The number of fused-ring (bicyclic) bond motifs is 1. The Bertz CT molecular complexity index is 1210. The average molecular weight is 398 g/mol. The molecule has 28 heavy (non-hydrogen) atoms. The first-order valence-electron chi connectivity index (χ1n) is 8.31. The molecule has 3 aromatic rings. The Morgan fingerprint density at radius 3 is 2.43 bits per heavy atom. The number of para-hydroxylation sites is 1. The predicted molar refractivity (Wildman–Crippen MR) is 107 cm³/mol. The first kappa shape index (κ1) is 19.5. The van der Waals surface area contributed by atoms with Crippen molar-refractivity contribution in [2.45, 2.75) is 4.90 Å². The van der Waals surface area contributed by atoms with Gasteiger partial charge in [-0.3, -0.25) is 9.59 Å². The highest BCUT2D eigenvalue weighted by molar-refractivity contribution is 7.89. The van der Waals surface area contributed by atoms with Gasteiger partial charge in [0, 0.05) is 25.9 Å². The van der Waals surface area contributed by atoms with E-state index in [1.54, 1.807) is 24.3 Å². The van der Waals surface area contributed by atoms with Gasteiger partial charge in [0.05, 0.1) is 15.8 Å². The van der Waals surface area contributed by atoms with Crippen LogP contribution in [0.25, 0.3) is 17.0 Å². The van der Waals surface area contributed by atoms with Crippen LogP contribution in [-0.2, 0) is 14.8 Å². The molecular formula is C20H18N2O5S. The van der Waals surface area contributed by atoms with Crippen LogP contribution in [0.4, 0.5) is 5.69 Å². The SMILES string of the molecule is CN(C)S(=O)(=O)c1ccc(NC(=O)/C=C/c2coc3ccccc3c2=O)cc1. The number of carbonyl (C=O) groups excluding carboxylic acids is 1. The Morgan fingerprint density at radius 2 is 1.75 bits per heavy atom. The van der Waals surface area contributed by atoms with Crippen molar-refractivity contribution >= 4 is 38.7 Å². The number of hydrogen-bond donors (Lipinski definition) is 1. The molecule has 144 valence electrons. The third-order valence-corrected chi connectivity index (χ3v) is 5.85. The first-order valence-corrected chi connectivity index (χ1v) is 9.75. The summed E-state index contributed by atoms with van der Waals surface area (Å²) < 4.78 is 30.6. The molecular weight excluding hydrogens is 380 g/mol. The molecule has 2 aromatic carbocycles. The minimum atomic E-state index is -3.53. The molecule has 8 heteroatoms. The molecule has 1 heterocycles. The molecule has 1 N–H and O–H groups in total. The average Bonchev–Trinajstić information content (AvgIpc) is 2.68. The molecule has 1 aromatic heterocycles. The molecule has 0 radical (unpaired) electrons. The van der Waals surface area contributed by atoms with Crippen LogP contribution in [0.3, 0.4) is 0 Å². The number of anilines is 1. The Labute approximate surface area is 162 Å². The summed E-state index contributed by atoms with van der Waals surface area (Å²) in [4.78, 5) is 24.6. The zero-order valence-electron chi connectivity index (χ0n) is 15.2. The zero-order chi connectivity index (χ0) is 20.3. The lowest BCUT2D eigenvalue weighted by Gasteiger charge is -2.11. The van der Waals surface area contributed by atoms with Gasteiger partial charge in [-0.2, -0.15) is 0 Å². The molecule has 7 nitrogen and oxygen atoms in total. The highest BCUT2D eigenvalue weighted by Gasteiger charge is 2.16. The van der Waals surface area contributed by atoms with E-state index in [4.69, 9.17) is 4.42 Å². The standard InChI is InChI=1S/C20H18N2O5S/c1-22(2)28(25,26)16-10-8-15(9-11-16)21-19(23)12-7-14-13-27-18-6-4-3-5-17(18)20(14)24/h3-13H,1-2H3,(H,21,23)/b12-7+. The fourth-order valence-electron chi connectivity index (χ4n) is 2.48. The monoisotopic (exact) mass is 398 g/mol. The van der Waals surface area contributed by atoms with Crippen LogP contribution in [0.5, 0.6) is 0 Å². The van der Waals surface area contributed by atoms with Crippen LogP contribution in [0.15, 0.2) is 75.0 Å². The molecule has 1 amide bonds. The fourth-order valence-corrected chi connectivity index (χ4v) is 3.38. The van der Waals surface area contributed by atoms with Gasteiger partial charge in [0.2, 0.25) is 15.9 Å². The lowest BCUT2D eigenvalue weighted by atomic mass is 10.1. The number of nitrogens with one attached hydrogen (secondary N) is 1. The van der Waals surface area contributed by atoms with E-state index in [-0.39, 0.29) is 15.9 Å². The van der Waals surface area contributed by atoms with Gasteiger partial charge in [-0.1, -0.05) is 12.1 Å². The van der Waals surface area contributed by atoms with Gasteiger partial charge in [-0.05, 0) is 42.5 Å². The topological polar surface area (TPSA) is 96.7 Å². The van der Waals surface area contributed by atoms with E-state index in [0.717, 1.165) is 4.31 Å². The maximum atomic E-state index is 12.4. The van der Waals surface area contributed by atoms with Crippen LogP contribution < -0.4 is 10.7 Å². The van der Waals surface area contributed by atoms with Crippen LogP contribution in [0.1, 0.15) is 5.56 Å². The number of sulfonamides is 1. The van der Waals surface area contributed by atoms with E-state index in [1.165, 1.54) is 56.8 Å². The normalized spacial score (nSPS) is 12.0. The maximum Gasteiger partial charge on any atom is 0.248 e. The minimum Gasteiger partial charge on any atom is -0.463 e. The predicted octanol–water partition coefficient (Wildman–Crippen LogP) is 2.70. The highest BCUT2D eigenvalue weighted by atomic mass is 32.2. The molecule has 0 aliphatic rings. The van der Waals surface area contributed by atoms with Gasteiger partial charge in [0.1, 0.15) is 11.8 Å². The van der Waals surface area contributed by atoms with Crippen LogP contribution >= 0.6 is 0 Å². The molecule has 0 unspecified atom stereocenters. The Hall–Kier alpha value is -3.23. The Morgan fingerprint density at radius 1 is 1.07 bits per heavy atom. The molecule has 0 spiro atoms. The second-order valence-corrected chi connectivity index (χ2v) is 8.30. The Kier molecular flexibility index (Phi) is 5.43. The molecule has 0 aliphatic carbocycles. The molecule has 3 rings (SSSR count). The number of rotatable bonds is 5. The smallest absolute Gasteiger partial charge is 0.248 e. The van der Waals surface area contributed by atoms with Crippen LogP contribution in [0, 0.1) is 0 Å². The van der Waals surface area contributed by atoms with Gasteiger partial charge in [0.15, 0.2) is 5.43 Å². The van der Waals surface area contributed by atoms with Gasteiger partial charge < -0.3 is 9.73 Å². The molecule has 0 bridgehead atoms. The van der Waals surface area contributed by atoms with Gasteiger partial charge in [-0.25, -0.2) is 12.7 Å². The summed E-state index contributed by atoms with van der Waals surface area (Å²) in [7, 11) is -0.642. The lowest BCUT2D eigenvalue weighted by molar-refractivity contribution is -0.111. The van der Waals surface area contributed by atoms with Crippen molar-refractivity contribution in [3.8, 4) is 0 Å². The van der Waals surface area contributed by atoms with Crippen molar-refractivity contribution < 1.29 is 17.6 Å². The van der Waals surface area contributed by atoms with E-state index in [9.17, 15) is 18.0 Å². The van der Waals surface area contributed by atoms with Gasteiger partial charge in [-0.15, -0.1) is 0 Å². The van der Waals surface area contributed by atoms with Crippen LogP contribution in [-0.4, -0.2) is 32.7 Å². The third-order valence-electron chi connectivity index (χ3n) is 4.02. The number of hydrogen-bond acceptors (Lipinski definition) is 5. The first-order chi connectivity index (χ1) is 13.3. The van der Waals surface area contributed by atoms with Gasteiger partial charge >= 0.3 is 0 Å². The number of amides is 1. The summed E-state index contributed by atoms with van der Waals surface area (Å²) in [5, 5.41) is 3.04. The van der Waals surface area contributed by atoms with Crippen molar-refractivity contribution in [2.24, 2.45) is 0 Å². The van der Waals surface area contributed by atoms with Crippen LogP contribution in [0.2, 0.25) is 0 Å². The summed E-state index contributed by atoms with van der Waals surface area (Å²) in [6, 6.07) is 12.7. The van der Waals surface area contributed by atoms with Crippen molar-refractivity contribution in [1.29, 1.82) is 0 Å². The summed E-state index contributed by atoms with van der Waals surface area (Å²) in [6.07, 6.45) is 3.89. The molecule has 0 aliphatic heterocycles. The third kappa shape index (κ3) is 4.03. The second kappa shape index (κ2) is 7.79. The van der Waals surface area contributed by atoms with Crippen molar-refractivity contribution in [3.05, 3.63) is 76.7 Å². The molecule has 0 saturated carbocycles. The zero-order valence-corrected chi connectivity index (χ0v) is 16.1. The quantitative estimate of drug-likeness (QED) is 0.667. The number of carbonyl (C=O) groups is 1. The lowest BCUT2D eigenvalue weighted by Crippen LogP contribution is -2.22. The molecule has 0 atom stereocenters. The van der Waals surface area contributed by atoms with Crippen molar-refractivity contribution in [3.63, 3.8) is 0 Å². The molecule has 0 fully saturated rings. The van der Waals surface area contributed by atoms with E-state index < -0.39 is 15.9 Å². The number of benzene rings is 2. The summed E-state index contributed by atoms with van der Waals surface area (Å²) >= 11 is 0. The summed E-state index contributed by atoms with van der Waals surface area (Å²) in [6.45, 7) is 0. The maximum absolute atomic E-state index is 12.4. The fraction of sp³-hybridized carbons (Fsp3) is 0.100. The van der Waals surface area contributed by atoms with Crippen molar-refractivity contribution in [2.75, 3.05) is 19.4 Å². The number of nitrogens with zero attached hydrogens (tertiary/aromatic N) is 1. The largest absolute Gasteiger partial charge is 0.463 e. The Balaban J connectivity index is 1.74. The van der Waals surface area contributed by atoms with E-state index in [1.807, 2.05) is 0 Å². The summed E-state index contributed by atoms with van der Waals surface area (Å²) in [5.74, 6) is -0.462. The van der Waals surface area contributed by atoms with Gasteiger partial charge in [0.25, 0.3) is 0 Å². The van der Waals surface area contributed by atoms with Crippen molar-refractivity contribution in [1.82, 2.24) is 4.31 Å².